The van der Waals surface area contributed by atoms with Gasteiger partial charge in [0.15, 0.2) is 0 Å². The van der Waals surface area contributed by atoms with Crippen molar-refractivity contribution < 1.29 is 23.9 Å². The van der Waals surface area contributed by atoms with Gasteiger partial charge >= 0.3 is 12.0 Å². The first kappa shape index (κ1) is 32.7. The molecule has 2 aliphatic rings. The molecule has 2 saturated heterocycles. The summed E-state index contributed by atoms with van der Waals surface area (Å²) in [5.41, 5.74) is 6.35. The number of hydrogen-bond donors (Lipinski definition) is 4. The summed E-state index contributed by atoms with van der Waals surface area (Å²) in [7, 11) is 0. The molecule has 52 heavy (non-hydrogen) atoms. The second-order valence-electron chi connectivity index (χ2n) is 13.0. The van der Waals surface area contributed by atoms with Gasteiger partial charge in [-0.15, -0.1) is 0 Å². The number of benzene rings is 3. The summed E-state index contributed by atoms with van der Waals surface area (Å²) in [5.74, 6) is 0.977. The first-order chi connectivity index (χ1) is 25.4. The summed E-state index contributed by atoms with van der Waals surface area (Å²) in [6.45, 7) is 1.14. The summed E-state index contributed by atoms with van der Waals surface area (Å²) in [6.07, 6.45) is 8.42. The highest BCUT2D eigenvalue weighted by atomic mass is 16.4. The number of carbonyl (C=O) groups is 3. The van der Waals surface area contributed by atoms with Gasteiger partial charge in [-0.05, 0) is 53.5 Å². The van der Waals surface area contributed by atoms with Crippen molar-refractivity contribution in [2.75, 3.05) is 13.1 Å². The Balaban J connectivity index is 0.936. The van der Waals surface area contributed by atoms with Crippen LogP contribution in [0.2, 0.25) is 0 Å². The van der Waals surface area contributed by atoms with Crippen LogP contribution in [-0.2, 0) is 4.79 Å². The van der Waals surface area contributed by atoms with E-state index in [-0.39, 0.29) is 29.8 Å². The predicted molar refractivity (Wildman–Crippen MR) is 191 cm³/mol. The van der Waals surface area contributed by atoms with E-state index < -0.39 is 12.1 Å². The molecule has 3 aromatic heterocycles. The number of carboxylic acid groups (broad SMARTS) is 1. The molecule has 0 aliphatic carbocycles. The smallest absolute Gasteiger partial charge is 0.405 e. The average molecular weight is 697 g/mol. The largest absolute Gasteiger partial charge is 0.465 e. The summed E-state index contributed by atoms with van der Waals surface area (Å²) in [6, 6.07) is 23.9. The molecule has 3 aromatic carbocycles. The van der Waals surface area contributed by atoms with Crippen LogP contribution < -0.4 is 5.32 Å². The zero-order valence-electron chi connectivity index (χ0n) is 28.1. The lowest BCUT2D eigenvalue weighted by molar-refractivity contribution is -0.134. The lowest BCUT2D eigenvalue weighted by Gasteiger charge is -2.28. The number of hydrogen-bond acceptors (Lipinski definition) is 7. The van der Waals surface area contributed by atoms with Crippen molar-refractivity contribution in [3.05, 3.63) is 127 Å². The predicted octanol–water partition coefficient (Wildman–Crippen LogP) is 6.77. The molecule has 13 nitrogen and oxygen atoms in total. The SMILES string of the molecule is O=C(O)N[C@@H](C(=O)N1CCC[C@H]1c1ncc(-c2ccc(-c3ccc(-c4cnc([C@@H]5CCCN5C(=O)c5ncco5)[nH]4)cc3)cc2)[nH]1)c1ccccc1. The number of H-pyrrole nitrogens is 2. The fourth-order valence-electron chi connectivity index (χ4n) is 7.27. The molecule has 4 N–H and O–H groups in total. The van der Waals surface area contributed by atoms with Gasteiger partial charge in [0.25, 0.3) is 11.8 Å². The van der Waals surface area contributed by atoms with Crippen LogP contribution in [0.5, 0.6) is 0 Å². The standard InChI is InChI=1S/C39H36N8O5/c48-37(33(45-39(50)51)28-6-2-1-3-7-28)46-19-4-8-31(46)34-41-22-29(43-34)26-14-10-24(11-15-26)25-12-16-27(17-13-25)30-23-42-35(44-30)32-9-5-20-47(32)38(49)36-40-18-21-52-36/h1-3,6-7,10-18,21-23,31-33,45H,4-5,8-9,19-20H2,(H,41,43)(H,42,44)(H,50,51)/t31-,32-,33+/m0/s1. The average Bonchev–Trinajstić information content (AvgIpc) is 4.03. The van der Waals surface area contributed by atoms with Crippen molar-refractivity contribution in [1.82, 2.24) is 40.0 Å². The summed E-state index contributed by atoms with van der Waals surface area (Å²) >= 11 is 0. The topological polar surface area (TPSA) is 173 Å². The Labute approximate surface area is 298 Å². The summed E-state index contributed by atoms with van der Waals surface area (Å²) < 4.78 is 5.24. The normalized spacial score (nSPS) is 17.7. The van der Waals surface area contributed by atoms with E-state index in [1.165, 1.54) is 12.5 Å². The second-order valence-corrected chi connectivity index (χ2v) is 13.0. The highest BCUT2D eigenvalue weighted by Gasteiger charge is 2.37. The summed E-state index contributed by atoms with van der Waals surface area (Å²) in [4.78, 5) is 61.8. The Kier molecular flexibility index (Phi) is 8.81. The Morgan fingerprint density at radius 1 is 0.731 bits per heavy atom. The molecule has 0 saturated carbocycles. The van der Waals surface area contributed by atoms with Crippen LogP contribution in [0.3, 0.4) is 0 Å². The Bertz CT molecular complexity index is 2180. The van der Waals surface area contributed by atoms with Crippen LogP contribution in [0.25, 0.3) is 33.6 Å². The quantitative estimate of drug-likeness (QED) is 0.128. The fourth-order valence-corrected chi connectivity index (χ4v) is 7.27. The highest BCUT2D eigenvalue weighted by Crippen LogP contribution is 2.35. The molecule has 262 valence electrons. The fraction of sp³-hybridized carbons (Fsp3) is 0.231. The van der Waals surface area contributed by atoms with Crippen LogP contribution >= 0.6 is 0 Å². The van der Waals surface area contributed by atoms with Crippen molar-refractivity contribution in [3.8, 4) is 33.6 Å². The van der Waals surface area contributed by atoms with Gasteiger partial charge in [-0.25, -0.2) is 19.7 Å². The van der Waals surface area contributed by atoms with E-state index in [0.717, 1.165) is 65.1 Å². The number of nitrogens with one attached hydrogen (secondary N) is 3. The number of likely N-dealkylation sites (tertiary alicyclic amines) is 2. The maximum absolute atomic E-state index is 13.7. The van der Waals surface area contributed by atoms with Crippen LogP contribution in [0.1, 0.15) is 71.7 Å². The molecular weight excluding hydrogens is 660 g/mol. The maximum Gasteiger partial charge on any atom is 0.405 e. The number of imidazole rings is 2. The summed E-state index contributed by atoms with van der Waals surface area (Å²) in [5, 5.41) is 11.9. The molecule has 5 heterocycles. The van der Waals surface area contributed by atoms with E-state index in [1.54, 1.807) is 46.5 Å². The van der Waals surface area contributed by atoms with Crippen LogP contribution in [-0.4, -0.2) is 70.8 Å². The molecular formula is C39H36N8O5. The van der Waals surface area contributed by atoms with Crippen LogP contribution in [0, 0.1) is 0 Å². The van der Waals surface area contributed by atoms with Gasteiger partial charge in [-0.1, -0.05) is 78.9 Å². The van der Waals surface area contributed by atoms with Crippen LogP contribution in [0.4, 0.5) is 4.79 Å². The molecule has 2 aliphatic heterocycles. The zero-order chi connectivity index (χ0) is 35.6. The Hall–Kier alpha value is -6.50. The number of carbonyl (C=O) groups excluding carboxylic acids is 2. The number of nitrogens with zero attached hydrogens (tertiary/aromatic N) is 5. The van der Waals surface area contributed by atoms with Gasteiger partial charge in [0.2, 0.25) is 0 Å². The minimum atomic E-state index is -1.25. The molecule has 3 amide bonds. The number of amides is 3. The van der Waals surface area contributed by atoms with Gasteiger partial charge in [0.05, 0.1) is 42.1 Å². The zero-order valence-corrected chi connectivity index (χ0v) is 28.1. The molecule has 2 fully saturated rings. The number of rotatable bonds is 9. The third kappa shape index (κ3) is 6.43. The molecule has 8 rings (SSSR count). The molecule has 6 aromatic rings. The lowest BCUT2D eigenvalue weighted by atomic mass is 10.0. The van der Waals surface area contributed by atoms with Gasteiger partial charge in [-0.2, -0.15) is 0 Å². The Morgan fingerprint density at radius 3 is 1.81 bits per heavy atom. The number of aromatic nitrogens is 5. The number of aromatic amines is 2. The van der Waals surface area contributed by atoms with Gasteiger partial charge in [0.1, 0.15) is 24.0 Å². The van der Waals surface area contributed by atoms with Gasteiger partial charge in [-0.3, -0.25) is 9.59 Å². The minimum absolute atomic E-state index is 0.0897. The first-order valence-electron chi connectivity index (χ1n) is 17.3. The molecule has 13 heteroatoms. The first-order valence-corrected chi connectivity index (χ1v) is 17.3. The molecule has 0 spiro atoms. The monoisotopic (exact) mass is 696 g/mol. The highest BCUT2D eigenvalue weighted by molar-refractivity contribution is 5.90. The molecule has 0 bridgehead atoms. The van der Waals surface area contributed by atoms with E-state index >= 15 is 0 Å². The van der Waals surface area contributed by atoms with Gasteiger partial charge in [0, 0.05) is 13.1 Å². The number of oxazole rings is 1. The van der Waals surface area contributed by atoms with Gasteiger partial charge < -0.3 is 34.6 Å². The molecule has 3 atom stereocenters. The molecule has 0 radical (unpaired) electrons. The maximum atomic E-state index is 13.7. The third-order valence-corrected chi connectivity index (χ3v) is 9.86. The van der Waals surface area contributed by atoms with Crippen molar-refractivity contribution in [2.24, 2.45) is 0 Å². The van der Waals surface area contributed by atoms with Crippen LogP contribution in [0.15, 0.2) is 108 Å². The van der Waals surface area contributed by atoms with E-state index in [9.17, 15) is 19.5 Å². The lowest BCUT2D eigenvalue weighted by Crippen LogP contribution is -2.42. The van der Waals surface area contributed by atoms with E-state index in [4.69, 9.17) is 4.42 Å². The minimum Gasteiger partial charge on any atom is -0.465 e. The van der Waals surface area contributed by atoms with Crippen molar-refractivity contribution in [1.29, 1.82) is 0 Å². The second kappa shape index (κ2) is 14.0. The molecule has 0 unspecified atom stereocenters. The van der Waals surface area contributed by atoms with Crippen molar-refractivity contribution in [2.45, 2.75) is 43.8 Å². The van der Waals surface area contributed by atoms with E-state index in [2.05, 4.69) is 66.6 Å². The third-order valence-electron chi connectivity index (χ3n) is 9.86. The van der Waals surface area contributed by atoms with E-state index in [0.29, 0.717) is 24.5 Å². The Morgan fingerprint density at radius 2 is 1.27 bits per heavy atom. The van der Waals surface area contributed by atoms with E-state index in [1.807, 2.05) is 18.2 Å². The van der Waals surface area contributed by atoms with Crippen molar-refractivity contribution in [3.63, 3.8) is 0 Å². The van der Waals surface area contributed by atoms with Crippen molar-refractivity contribution >= 4 is 17.9 Å².